The van der Waals surface area contributed by atoms with Gasteiger partial charge in [-0.05, 0) is 93.3 Å². The van der Waals surface area contributed by atoms with Crippen molar-refractivity contribution in [3.8, 4) is 0 Å². The van der Waals surface area contributed by atoms with E-state index in [0.717, 1.165) is 38.5 Å². The quantitative estimate of drug-likeness (QED) is 0.691. The molecule has 0 aromatic carbocycles. The lowest BCUT2D eigenvalue weighted by Crippen LogP contribution is -2.51. The van der Waals surface area contributed by atoms with E-state index in [-0.39, 0.29) is 11.3 Å². The number of aliphatic hydroxyl groups is 1. The van der Waals surface area contributed by atoms with Crippen LogP contribution < -0.4 is 0 Å². The van der Waals surface area contributed by atoms with E-state index in [9.17, 15) is 9.90 Å². The molecular formula is C23H36O2. The van der Waals surface area contributed by atoms with Crippen LogP contribution in [0.1, 0.15) is 85.5 Å². The summed E-state index contributed by atoms with van der Waals surface area (Å²) in [6.45, 7) is 8.84. The van der Waals surface area contributed by atoms with Crippen LogP contribution in [0.15, 0.2) is 11.6 Å². The Kier molecular flexibility index (Phi) is 4.04. The van der Waals surface area contributed by atoms with Crippen molar-refractivity contribution in [3.63, 3.8) is 0 Å². The van der Waals surface area contributed by atoms with Gasteiger partial charge in [0.25, 0.3) is 0 Å². The van der Waals surface area contributed by atoms with E-state index in [0.29, 0.717) is 29.0 Å². The summed E-state index contributed by atoms with van der Waals surface area (Å²) in [5.41, 5.74) is 1.78. The summed E-state index contributed by atoms with van der Waals surface area (Å²) in [4.78, 5) is 12.2. The van der Waals surface area contributed by atoms with Crippen LogP contribution >= 0.6 is 0 Å². The van der Waals surface area contributed by atoms with E-state index < -0.39 is 5.60 Å². The molecule has 25 heavy (non-hydrogen) atoms. The third kappa shape index (κ3) is 2.42. The van der Waals surface area contributed by atoms with E-state index in [1.165, 1.54) is 19.3 Å². The van der Waals surface area contributed by atoms with Crippen molar-refractivity contribution in [2.75, 3.05) is 0 Å². The number of carbonyl (C=O) groups excluding carboxylic acids is 1. The predicted molar refractivity (Wildman–Crippen MR) is 101 cm³/mol. The van der Waals surface area contributed by atoms with Crippen LogP contribution in [-0.2, 0) is 4.79 Å². The second-order valence-corrected chi connectivity index (χ2v) is 10.3. The van der Waals surface area contributed by atoms with Gasteiger partial charge in [-0.1, -0.05) is 32.4 Å². The highest BCUT2D eigenvalue weighted by Crippen LogP contribution is 2.66. The third-order valence-electron chi connectivity index (χ3n) is 9.33. The number of Topliss-reactive ketones (excluding diaryl/α,β-unsaturated/α-hetero) is 1. The fourth-order valence-electron chi connectivity index (χ4n) is 7.58. The minimum atomic E-state index is -0.423. The number of hydrogen-bond donors (Lipinski definition) is 1. The highest BCUT2D eigenvalue weighted by molar-refractivity contribution is 5.79. The van der Waals surface area contributed by atoms with E-state index in [4.69, 9.17) is 0 Å². The minimum Gasteiger partial charge on any atom is -0.390 e. The lowest BCUT2D eigenvalue weighted by atomic mass is 9.47. The third-order valence-corrected chi connectivity index (χ3v) is 9.33. The Hall–Kier alpha value is -0.630. The van der Waals surface area contributed by atoms with Crippen LogP contribution in [-0.4, -0.2) is 16.5 Å². The summed E-state index contributed by atoms with van der Waals surface area (Å²) in [6, 6.07) is 0. The molecule has 4 rings (SSSR count). The Morgan fingerprint density at radius 3 is 2.64 bits per heavy atom. The molecular weight excluding hydrogens is 308 g/mol. The van der Waals surface area contributed by atoms with Crippen molar-refractivity contribution in [1.29, 1.82) is 0 Å². The molecule has 7 atom stereocenters. The van der Waals surface area contributed by atoms with Crippen molar-refractivity contribution in [2.24, 2.45) is 34.5 Å². The van der Waals surface area contributed by atoms with Gasteiger partial charge >= 0.3 is 0 Å². The van der Waals surface area contributed by atoms with Gasteiger partial charge in [0.2, 0.25) is 0 Å². The van der Waals surface area contributed by atoms with Crippen molar-refractivity contribution in [3.05, 3.63) is 11.6 Å². The molecule has 2 nitrogen and oxygen atoms in total. The second kappa shape index (κ2) is 5.68. The molecule has 0 heterocycles. The molecule has 1 N–H and O–H groups in total. The van der Waals surface area contributed by atoms with E-state index >= 15 is 0 Å². The normalized spacial score (nSPS) is 52.0. The average Bonchev–Trinajstić information content (AvgIpc) is 2.93. The smallest absolute Gasteiger partial charge is 0.133 e. The monoisotopic (exact) mass is 344 g/mol. The molecule has 0 aromatic rings. The number of ketones is 1. The predicted octanol–water partition coefficient (Wildman–Crippen LogP) is 5.30. The Labute approximate surface area is 153 Å². The summed E-state index contributed by atoms with van der Waals surface area (Å²) in [7, 11) is 0. The van der Waals surface area contributed by atoms with Crippen LogP contribution in [0.4, 0.5) is 0 Å². The van der Waals surface area contributed by atoms with Crippen molar-refractivity contribution < 1.29 is 9.90 Å². The maximum Gasteiger partial charge on any atom is 0.133 e. The van der Waals surface area contributed by atoms with Crippen molar-refractivity contribution in [1.82, 2.24) is 0 Å². The molecule has 0 radical (unpaired) electrons. The first-order valence-electron chi connectivity index (χ1n) is 10.7. The van der Waals surface area contributed by atoms with Crippen LogP contribution in [0.2, 0.25) is 0 Å². The van der Waals surface area contributed by atoms with Gasteiger partial charge < -0.3 is 5.11 Å². The van der Waals surface area contributed by atoms with Gasteiger partial charge in [-0.15, -0.1) is 0 Å². The van der Waals surface area contributed by atoms with Crippen LogP contribution in [0.25, 0.3) is 0 Å². The summed E-state index contributed by atoms with van der Waals surface area (Å²) in [5.74, 6) is 2.72. The fourth-order valence-corrected chi connectivity index (χ4v) is 7.58. The van der Waals surface area contributed by atoms with Crippen LogP contribution in [0, 0.1) is 34.5 Å². The number of hydrogen-bond acceptors (Lipinski definition) is 2. The van der Waals surface area contributed by atoms with Gasteiger partial charge in [-0.25, -0.2) is 0 Å². The molecule has 0 amide bonds. The summed E-state index contributed by atoms with van der Waals surface area (Å²) in [5, 5.41) is 10.9. The molecule has 3 saturated carbocycles. The van der Waals surface area contributed by atoms with Gasteiger partial charge in [-0.2, -0.15) is 0 Å². The molecule has 0 bridgehead atoms. The zero-order valence-corrected chi connectivity index (χ0v) is 16.6. The van der Waals surface area contributed by atoms with Gasteiger partial charge in [0.15, 0.2) is 0 Å². The first kappa shape index (κ1) is 17.8. The lowest BCUT2D eigenvalue weighted by molar-refractivity contribution is -0.125. The van der Waals surface area contributed by atoms with Gasteiger partial charge in [0.05, 0.1) is 5.60 Å². The zero-order chi connectivity index (χ0) is 18.0. The zero-order valence-electron chi connectivity index (χ0n) is 16.6. The fraction of sp³-hybridized carbons (Fsp3) is 0.870. The summed E-state index contributed by atoms with van der Waals surface area (Å²) < 4.78 is 0. The number of carbonyl (C=O) groups is 1. The van der Waals surface area contributed by atoms with Crippen LogP contribution in [0.3, 0.4) is 0 Å². The molecule has 0 aliphatic heterocycles. The van der Waals surface area contributed by atoms with Crippen LogP contribution in [0.5, 0.6) is 0 Å². The Bertz CT molecular complexity index is 607. The van der Waals surface area contributed by atoms with Gasteiger partial charge in [0, 0.05) is 5.92 Å². The van der Waals surface area contributed by atoms with Crippen molar-refractivity contribution in [2.45, 2.75) is 91.1 Å². The Morgan fingerprint density at radius 2 is 1.96 bits per heavy atom. The highest BCUT2D eigenvalue weighted by Gasteiger charge is 2.58. The topological polar surface area (TPSA) is 37.3 Å². The molecule has 4 aliphatic carbocycles. The largest absolute Gasteiger partial charge is 0.390 e. The second-order valence-electron chi connectivity index (χ2n) is 10.3. The standard InChI is InChI=1S/C23H36O2/c1-5-23(25)13-12-21(3)16(14-23)6-7-17-19-9-8-18(15(2)24)22(19,4)11-10-20(17)21/h10,16-19,25H,5-9,11-14H2,1-4H3/t16-,17-,18+,19-,21-,22+,23-/m0/s1. The molecule has 2 heteroatoms. The molecule has 3 fully saturated rings. The first-order valence-corrected chi connectivity index (χ1v) is 10.7. The SMILES string of the molecule is CC[C@]1(O)CC[C@]2(C)C3=CC[C@]4(C)[C@@H](C(C)=O)CC[C@H]4[C@@H]3CC[C@H]2C1. The average molecular weight is 345 g/mol. The lowest BCUT2D eigenvalue weighted by Gasteiger charge is -2.58. The van der Waals surface area contributed by atoms with Gasteiger partial charge in [0.1, 0.15) is 5.78 Å². The number of rotatable bonds is 2. The number of allylic oxidation sites excluding steroid dienone is 2. The Balaban J connectivity index is 1.66. The molecule has 4 aliphatic rings. The number of fused-ring (bicyclic) bond motifs is 5. The summed E-state index contributed by atoms with van der Waals surface area (Å²) >= 11 is 0. The minimum absolute atomic E-state index is 0.196. The van der Waals surface area contributed by atoms with Gasteiger partial charge in [-0.3, -0.25) is 4.79 Å². The van der Waals surface area contributed by atoms with Crippen molar-refractivity contribution >= 4 is 5.78 Å². The highest BCUT2D eigenvalue weighted by atomic mass is 16.3. The summed E-state index contributed by atoms with van der Waals surface area (Å²) in [6.07, 6.45) is 12.5. The molecule has 0 aromatic heterocycles. The maximum absolute atomic E-state index is 12.2. The first-order chi connectivity index (χ1) is 11.7. The molecule has 0 spiro atoms. The van der Waals surface area contributed by atoms with E-state index in [2.05, 4.69) is 26.8 Å². The molecule has 140 valence electrons. The van der Waals surface area contributed by atoms with E-state index in [1.807, 2.05) is 6.92 Å². The maximum atomic E-state index is 12.2. The van der Waals surface area contributed by atoms with E-state index in [1.54, 1.807) is 5.57 Å². The Morgan fingerprint density at radius 1 is 1.20 bits per heavy atom. The molecule has 0 saturated heterocycles. The molecule has 0 unspecified atom stereocenters.